The average Bonchev–Trinajstić information content (AvgIpc) is 1.55. The summed E-state index contributed by atoms with van der Waals surface area (Å²) in [5.74, 6) is 1.46. The molecule has 0 amide bonds. The monoisotopic (exact) mass is 1710 g/mol. The van der Waals surface area contributed by atoms with Gasteiger partial charge in [0.25, 0.3) is 0 Å². The minimum absolute atomic E-state index is 0.727. The fourth-order valence-corrected chi connectivity index (χ4v) is 19.7. The Bertz CT molecular complexity index is 9080. The Kier molecular flexibility index (Phi) is 19.2. The summed E-state index contributed by atoms with van der Waals surface area (Å²) in [5.41, 5.74) is 37.9. The van der Waals surface area contributed by atoms with E-state index in [1.54, 1.807) is 12.4 Å². The summed E-state index contributed by atoms with van der Waals surface area (Å²) < 4.78 is 14.4. The lowest BCUT2D eigenvalue weighted by Gasteiger charge is -2.12. The van der Waals surface area contributed by atoms with Crippen molar-refractivity contribution in [1.82, 2.24) is 61.8 Å². The van der Waals surface area contributed by atoms with E-state index in [1.807, 2.05) is 84.9 Å². The molecule has 0 atom stereocenters. The maximum Gasteiger partial charge on any atom is 0.160 e. The maximum absolute atomic E-state index is 5.17. The molecule has 0 N–H and O–H groups in total. The van der Waals surface area contributed by atoms with Crippen molar-refractivity contribution in [2.75, 3.05) is 0 Å². The fourth-order valence-electron chi connectivity index (χ4n) is 19.7. The third-order valence-electron chi connectivity index (χ3n) is 25.6. The molecule has 0 unspecified atom stereocenters. The summed E-state index contributed by atoms with van der Waals surface area (Å²) in [7, 11) is 0. The average molecular weight is 1720 g/mol. The minimum atomic E-state index is 0.727. The van der Waals surface area contributed by atoms with Gasteiger partial charge in [-0.25, -0.2) is 24.9 Å². The SMILES string of the molecule is c1ccc(-c2nc(-c3ccc(-c4c5ccccc5n5c6ccccc6n(-c6ccccc6)c45)cc3)c3ccccc3n2)cc1.c1ccc(-c2nc(-c3cccc(-c4c5ccccc5n5c6ccccc6n(-c6ccccc6)c45)c3)c3ccccc3n2)cc1.c1ccc(-n2c3ccccc3n3c4ccccc4c(-c4ccc(-c5cc(-c6ccccn6)nc(-c6ccccn6)c5)cc4)c23)cc1. The topological polar surface area (TPSA) is 118 Å². The second-order valence-corrected chi connectivity index (χ2v) is 33.5. The molecule has 11 heterocycles. The summed E-state index contributed by atoms with van der Waals surface area (Å²) in [5, 5.41) is 5.74. The van der Waals surface area contributed by atoms with Crippen molar-refractivity contribution in [3.8, 4) is 130 Å². The van der Waals surface area contributed by atoms with E-state index >= 15 is 0 Å². The lowest BCUT2D eigenvalue weighted by Crippen LogP contribution is -1.96. The molecule has 11 aromatic heterocycles. The number of benzene rings is 16. The van der Waals surface area contributed by atoms with Crippen molar-refractivity contribution < 1.29 is 0 Å². The van der Waals surface area contributed by atoms with Crippen LogP contribution in [0.25, 0.3) is 234 Å². The molecular formula is C121H79N13. The predicted molar refractivity (Wildman–Crippen MR) is 549 cm³/mol. The lowest BCUT2D eigenvalue weighted by molar-refractivity contribution is 1.15. The highest BCUT2D eigenvalue weighted by Crippen LogP contribution is 2.47. The van der Waals surface area contributed by atoms with Crippen LogP contribution in [-0.2, 0) is 0 Å². The Labute approximate surface area is 770 Å². The summed E-state index contributed by atoms with van der Waals surface area (Å²) in [6.45, 7) is 0. The van der Waals surface area contributed by atoms with Gasteiger partial charge in [-0.1, -0.05) is 322 Å². The lowest BCUT2D eigenvalue weighted by atomic mass is 9.98. The fraction of sp³-hybridized carbons (Fsp3) is 0. The van der Waals surface area contributed by atoms with Gasteiger partial charge in [0.2, 0.25) is 0 Å². The molecule has 13 nitrogen and oxygen atoms in total. The number of pyridine rings is 3. The molecule has 27 rings (SSSR count). The summed E-state index contributed by atoms with van der Waals surface area (Å²) in [4.78, 5) is 34.2. The summed E-state index contributed by atoms with van der Waals surface area (Å²) in [6, 6.07) is 164. The summed E-state index contributed by atoms with van der Waals surface area (Å²) in [6.07, 6.45) is 3.60. The first-order chi connectivity index (χ1) is 66.5. The van der Waals surface area contributed by atoms with E-state index < -0.39 is 0 Å². The van der Waals surface area contributed by atoms with Gasteiger partial charge in [-0.3, -0.25) is 36.9 Å². The highest BCUT2D eigenvalue weighted by atomic mass is 15.2. The summed E-state index contributed by atoms with van der Waals surface area (Å²) >= 11 is 0. The predicted octanol–water partition coefficient (Wildman–Crippen LogP) is 29.9. The standard InChI is InChI=1S/C41H27N5.2C40H26N4/c1-2-12-31(13-3-1)45-38-18-6-7-19-39(38)46-37-17-5-4-14-32(37)40(41(45)46)29-22-20-28(21-23-29)30-26-35(33-15-8-10-24-42-33)44-36(27-30)34-16-9-11-25-43-34;1-3-14-27(15-4-1)39-41-33-22-9-7-20-31(33)38(42-39)29-17-13-16-28(26-29)37-32-21-8-10-23-34(32)44-36-25-12-11-24-35(36)43(40(37)44)30-18-5-2-6-19-30;1-3-13-29(14-4-1)39-41-33-19-9-7-17-31(33)38(42-39)28-25-23-27(24-26-28)37-32-18-8-10-20-34(32)44-36-22-12-11-21-35(36)43(40(37)44)30-15-5-2-6-16-30/h1-27H;2*1-26H. The number of aromatic nitrogens is 13. The second kappa shape index (κ2) is 33.1. The molecule has 0 aliphatic rings. The van der Waals surface area contributed by atoms with E-state index in [-0.39, 0.29) is 0 Å². The molecule has 0 spiro atoms. The highest BCUT2D eigenvalue weighted by Gasteiger charge is 2.28. The second-order valence-electron chi connectivity index (χ2n) is 33.5. The number of hydrogen-bond acceptors (Lipinski definition) is 7. The van der Waals surface area contributed by atoms with Crippen LogP contribution >= 0.6 is 0 Å². The van der Waals surface area contributed by atoms with Gasteiger partial charge >= 0.3 is 0 Å². The Morgan fingerprint density at radius 1 is 0.164 bits per heavy atom. The van der Waals surface area contributed by atoms with Crippen LogP contribution < -0.4 is 0 Å². The van der Waals surface area contributed by atoms with Gasteiger partial charge in [-0.05, 0) is 173 Å². The van der Waals surface area contributed by atoms with Gasteiger partial charge in [0.05, 0.1) is 94.8 Å². The van der Waals surface area contributed by atoms with Crippen molar-refractivity contribution in [1.29, 1.82) is 0 Å². The van der Waals surface area contributed by atoms with E-state index in [9.17, 15) is 0 Å². The van der Waals surface area contributed by atoms with Gasteiger partial charge in [0.15, 0.2) is 11.6 Å². The van der Waals surface area contributed by atoms with Crippen LogP contribution in [0.3, 0.4) is 0 Å². The zero-order chi connectivity index (χ0) is 88.5. The Hall–Kier alpha value is -18.3. The van der Waals surface area contributed by atoms with Crippen molar-refractivity contribution in [2.24, 2.45) is 0 Å². The van der Waals surface area contributed by atoms with Gasteiger partial charge < -0.3 is 0 Å². The molecule has 0 radical (unpaired) electrons. The number of nitrogens with zero attached hydrogens (tertiary/aromatic N) is 13. The van der Waals surface area contributed by atoms with Crippen LogP contribution in [0.5, 0.6) is 0 Å². The normalized spacial score (nSPS) is 11.6. The van der Waals surface area contributed by atoms with Gasteiger partial charge in [-0.2, -0.15) is 0 Å². The molecule has 27 aromatic rings. The largest absolute Gasteiger partial charge is 0.293 e. The van der Waals surface area contributed by atoms with Gasteiger partial charge in [-0.15, -0.1) is 0 Å². The van der Waals surface area contributed by atoms with Crippen LogP contribution in [0.4, 0.5) is 0 Å². The number of rotatable bonds is 13. The van der Waals surface area contributed by atoms with Crippen molar-refractivity contribution in [2.45, 2.75) is 0 Å². The zero-order valence-electron chi connectivity index (χ0n) is 72.4. The number of para-hydroxylation sites is 14. The third-order valence-corrected chi connectivity index (χ3v) is 25.6. The van der Waals surface area contributed by atoms with Crippen LogP contribution in [0.1, 0.15) is 0 Å². The first-order valence-corrected chi connectivity index (χ1v) is 45.1. The van der Waals surface area contributed by atoms with E-state index in [2.05, 4.69) is 419 Å². The van der Waals surface area contributed by atoms with Gasteiger partial charge in [0, 0.05) is 95.3 Å². The number of fused-ring (bicyclic) bond motifs is 17. The molecule has 0 fully saturated rings. The Morgan fingerprint density at radius 2 is 0.463 bits per heavy atom. The molecule has 0 bridgehead atoms. The molecule has 0 saturated carbocycles. The number of hydrogen-bond donors (Lipinski definition) is 0. The quantitative estimate of drug-likeness (QED) is 0.113. The van der Waals surface area contributed by atoms with Gasteiger partial charge in [0.1, 0.15) is 16.9 Å². The first-order valence-electron chi connectivity index (χ1n) is 45.1. The smallest absolute Gasteiger partial charge is 0.160 e. The molecule has 0 aliphatic heterocycles. The zero-order valence-corrected chi connectivity index (χ0v) is 72.4. The van der Waals surface area contributed by atoms with Crippen molar-refractivity contribution >= 4 is 105 Å². The Morgan fingerprint density at radius 3 is 0.851 bits per heavy atom. The molecule has 16 aromatic carbocycles. The van der Waals surface area contributed by atoms with Crippen LogP contribution in [-0.4, -0.2) is 61.8 Å². The van der Waals surface area contributed by atoms with E-state index in [4.69, 9.17) is 24.9 Å². The van der Waals surface area contributed by atoms with Crippen LogP contribution in [0, 0.1) is 0 Å². The minimum Gasteiger partial charge on any atom is -0.293 e. The molecule has 134 heavy (non-hydrogen) atoms. The first kappa shape index (κ1) is 78.0. The Balaban J connectivity index is 0.000000108. The molecule has 628 valence electrons. The third kappa shape index (κ3) is 13.4. The van der Waals surface area contributed by atoms with Crippen molar-refractivity contribution in [3.05, 3.63) is 480 Å². The molecule has 13 heteroatoms. The van der Waals surface area contributed by atoms with Crippen LogP contribution in [0.2, 0.25) is 0 Å². The molecular weight excluding hydrogens is 1640 g/mol. The van der Waals surface area contributed by atoms with E-state index in [0.29, 0.717) is 0 Å². The van der Waals surface area contributed by atoms with E-state index in [0.717, 1.165) is 152 Å². The maximum atomic E-state index is 5.17. The molecule has 0 saturated heterocycles. The van der Waals surface area contributed by atoms with E-state index in [1.165, 1.54) is 82.5 Å². The highest BCUT2D eigenvalue weighted by molar-refractivity contribution is 6.13. The van der Waals surface area contributed by atoms with Crippen molar-refractivity contribution in [3.63, 3.8) is 0 Å². The molecule has 0 aliphatic carbocycles. The van der Waals surface area contributed by atoms with Crippen LogP contribution in [0.15, 0.2) is 480 Å². The number of imidazole rings is 3.